The van der Waals surface area contributed by atoms with Crippen LogP contribution in [0.25, 0.3) is 0 Å². The molecule has 3 heterocycles. The van der Waals surface area contributed by atoms with Crippen LogP contribution in [-0.2, 0) is 17.7 Å². The molecular formula is C21H26N4O4. The molecule has 0 unspecified atom stereocenters. The summed E-state index contributed by atoms with van der Waals surface area (Å²) >= 11 is 0. The van der Waals surface area contributed by atoms with Crippen LogP contribution in [0.5, 0.6) is 0 Å². The third kappa shape index (κ3) is 3.98. The second kappa shape index (κ2) is 8.24. The summed E-state index contributed by atoms with van der Waals surface area (Å²) in [5, 5.41) is 12.8. The minimum Gasteiger partial charge on any atom is -0.361 e. The molecule has 0 aliphatic carbocycles. The molecule has 2 fully saturated rings. The number of aromatic nitrogens is 1. The van der Waals surface area contributed by atoms with Gasteiger partial charge in [-0.1, -0.05) is 36.3 Å². The fourth-order valence-electron chi connectivity index (χ4n) is 4.16. The van der Waals surface area contributed by atoms with Crippen LogP contribution in [0.1, 0.15) is 58.7 Å². The summed E-state index contributed by atoms with van der Waals surface area (Å²) in [5.41, 5.74) is 3.15. The molecule has 2 aliphatic heterocycles. The first kappa shape index (κ1) is 19.4. The Morgan fingerprint density at radius 3 is 3.03 bits per heavy atom. The first-order chi connectivity index (χ1) is 14.1. The quantitative estimate of drug-likeness (QED) is 0.718. The average Bonchev–Trinajstić information content (AvgIpc) is 3.12. The third-order valence-corrected chi connectivity index (χ3v) is 5.61. The number of benzene rings is 1. The van der Waals surface area contributed by atoms with Crippen LogP contribution in [0.2, 0.25) is 0 Å². The van der Waals surface area contributed by atoms with Gasteiger partial charge in [0.2, 0.25) is 0 Å². The predicted molar refractivity (Wildman–Crippen MR) is 105 cm³/mol. The number of fused-ring (bicyclic) bond motifs is 1. The van der Waals surface area contributed by atoms with Crippen molar-refractivity contribution in [3.8, 4) is 0 Å². The molecule has 1 aromatic carbocycles. The van der Waals surface area contributed by atoms with Crippen LogP contribution >= 0.6 is 0 Å². The van der Waals surface area contributed by atoms with Crippen molar-refractivity contribution in [2.24, 2.45) is 5.92 Å². The van der Waals surface area contributed by atoms with Crippen molar-refractivity contribution in [3.63, 3.8) is 0 Å². The normalized spacial score (nSPS) is 23.7. The number of urea groups is 1. The third-order valence-electron chi connectivity index (χ3n) is 5.61. The Hall–Kier alpha value is -2.87. The van der Waals surface area contributed by atoms with Crippen molar-refractivity contribution in [2.45, 2.75) is 51.9 Å². The molecule has 4 rings (SSSR count). The number of aryl methyl sites for hydroxylation is 2. The van der Waals surface area contributed by atoms with E-state index in [1.807, 2.05) is 31.2 Å². The molecule has 0 radical (unpaired) electrons. The Balaban J connectivity index is 1.48. The molecule has 3 amide bonds. The molecule has 2 aliphatic rings. The molecule has 2 aromatic rings. The number of rotatable bonds is 5. The smallest absolute Gasteiger partial charge is 0.317 e. The van der Waals surface area contributed by atoms with Crippen molar-refractivity contribution in [3.05, 3.63) is 52.4 Å². The molecule has 8 heteroatoms. The van der Waals surface area contributed by atoms with Gasteiger partial charge < -0.3 is 25.2 Å². The van der Waals surface area contributed by atoms with Crippen molar-refractivity contribution >= 4 is 11.9 Å². The van der Waals surface area contributed by atoms with Gasteiger partial charge in [0.1, 0.15) is 17.6 Å². The fraction of sp³-hybridized carbons (Fsp3) is 0.476. The molecule has 2 saturated heterocycles. The highest BCUT2D eigenvalue weighted by Crippen LogP contribution is 2.34. The second-order valence-corrected chi connectivity index (χ2v) is 7.53. The summed E-state index contributed by atoms with van der Waals surface area (Å²) in [4.78, 5) is 24.7. The zero-order valence-electron chi connectivity index (χ0n) is 16.7. The van der Waals surface area contributed by atoms with Crippen LogP contribution < -0.4 is 16.0 Å². The standard InChI is InChI=1S/C21H26N4O4/c1-3-16-17(12(2)29-25-16)19(26)22-11-13-6-4-7-14(10-13)18-15-8-5-9-28-20(15)24-21(27)23-18/h4,6-7,10,15,18,20H,3,5,8-9,11H2,1-2H3,(H,22,26)(H2,23,24,27)/t15-,18-,20-/m0/s1. The number of hydrogen-bond donors (Lipinski definition) is 3. The van der Waals surface area contributed by atoms with Gasteiger partial charge in [-0.2, -0.15) is 0 Å². The van der Waals surface area contributed by atoms with Gasteiger partial charge >= 0.3 is 6.03 Å². The van der Waals surface area contributed by atoms with E-state index in [0.29, 0.717) is 36.6 Å². The van der Waals surface area contributed by atoms with Crippen LogP contribution in [0.3, 0.4) is 0 Å². The zero-order valence-corrected chi connectivity index (χ0v) is 16.7. The molecule has 8 nitrogen and oxygen atoms in total. The summed E-state index contributed by atoms with van der Waals surface area (Å²) in [6.45, 7) is 4.73. The van der Waals surface area contributed by atoms with Crippen LogP contribution in [0.4, 0.5) is 4.79 Å². The van der Waals surface area contributed by atoms with Gasteiger partial charge in [-0.15, -0.1) is 0 Å². The van der Waals surface area contributed by atoms with E-state index in [1.54, 1.807) is 6.92 Å². The van der Waals surface area contributed by atoms with Crippen molar-refractivity contribution in [2.75, 3.05) is 6.61 Å². The number of ether oxygens (including phenoxy) is 1. The van der Waals surface area contributed by atoms with E-state index < -0.39 is 0 Å². The Labute approximate surface area is 169 Å². The summed E-state index contributed by atoms with van der Waals surface area (Å²) in [6, 6.07) is 7.62. The van der Waals surface area contributed by atoms with Crippen molar-refractivity contribution in [1.82, 2.24) is 21.1 Å². The molecular weight excluding hydrogens is 372 g/mol. The lowest BCUT2D eigenvalue weighted by atomic mass is 9.84. The Bertz CT molecular complexity index is 910. The monoisotopic (exact) mass is 398 g/mol. The van der Waals surface area contributed by atoms with E-state index in [1.165, 1.54) is 0 Å². The topological polar surface area (TPSA) is 105 Å². The minimum atomic E-state index is -0.255. The van der Waals surface area contributed by atoms with Gasteiger partial charge in [0, 0.05) is 19.1 Å². The summed E-state index contributed by atoms with van der Waals surface area (Å²) < 4.78 is 10.9. The summed E-state index contributed by atoms with van der Waals surface area (Å²) in [6.07, 6.45) is 2.34. The average molecular weight is 398 g/mol. The predicted octanol–water partition coefficient (Wildman–Crippen LogP) is 2.58. The van der Waals surface area contributed by atoms with E-state index in [2.05, 4.69) is 21.1 Å². The maximum absolute atomic E-state index is 12.6. The number of carbonyl (C=O) groups excluding carboxylic acids is 2. The maximum atomic E-state index is 12.6. The van der Waals surface area contributed by atoms with E-state index in [4.69, 9.17) is 9.26 Å². The van der Waals surface area contributed by atoms with E-state index in [-0.39, 0.29) is 30.1 Å². The molecule has 3 atom stereocenters. The SMILES string of the molecule is CCc1noc(C)c1C(=O)NCc1cccc([C@@H]2NC(=O)N[C@H]3OCCC[C@H]32)c1. The van der Waals surface area contributed by atoms with Gasteiger partial charge in [-0.3, -0.25) is 4.79 Å². The summed E-state index contributed by atoms with van der Waals surface area (Å²) in [5.74, 6) is 0.508. The number of carbonyl (C=O) groups is 2. The largest absolute Gasteiger partial charge is 0.361 e. The first-order valence-electron chi connectivity index (χ1n) is 10.1. The molecule has 0 spiro atoms. The van der Waals surface area contributed by atoms with Crippen molar-refractivity contribution < 1.29 is 18.8 Å². The maximum Gasteiger partial charge on any atom is 0.317 e. The van der Waals surface area contributed by atoms with E-state index in [0.717, 1.165) is 24.0 Å². The lowest BCUT2D eigenvalue weighted by Crippen LogP contribution is -2.58. The zero-order chi connectivity index (χ0) is 20.4. The highest BCUT2D eigenvalue weighted by Gasteiger charge is 2.39. The van der Waals surface area contributed by atoms with Crippen LogP contribution in [0, 0.1) is 12.8 Å². The minimum absolute atomic E-state index is 0.114. The van der Waals surface area contributed by atoms with Gasteiger partial charge in [-0.25, -0.2) is 4.79 Å². The molecule has 29 heavy (non-hydrogen) atoms. The Morgan fingerprint density at radius 2 is 2.21 bits per heavy atom. The van der Waals surface area contributed by atoms with Gasteiger partial charge in [0.25, 0.3) is 5.91 Å². The van der Waals surface area contributed by atoms with E-state index in [9.17, 15) is 9.59 Å². The van der Waals surface area contributed by atoms with Crippen LogP contribution in [0.15, 0.2) is 28.8 Å². The second-order valence-electron chi connectivity index (χ2n) is 7.53. The lowest BCUT2D eigenvalue weighted by Gasteiger charge is -2.42. The molecule has 1 aromatic heterocycles. The lowest BCUT2D eigenvalue weighted by molar-refractivity contribution is -0.0602. The number of hydrogen-bond acceptors (Lipinski definition) is 5. The Kier molecular flexibility index (Phi) is 5.53. The highest BCUT2D eigenvalue weighted by molar-refractivity contribution is 5.96. The molecule has 3 N–H and O–H groups in total. The van der Waals surface area contributed by atoms with Crippen LogP contribution in [-0.4, -0.2) is 29.9 Å². The molecule has 0 saturated carbocycles. The molecule has 154 valence electrons. The van der Waals surface area contributed by atoms with Gasteiger partial charge in [0.15, 0.2) is 0 Å². The number of nitrogens with one attached hydrogen (secondary N) is 3. The number of nitrogens with zero attached hydrogens (tertiary/aromatic N) is 1. The van der Waals surface area contributed by atoms with Gasteiger partial charge in [-0.05, 0) is 37.3 Å². The van der Waals surface area contributed by atoms with Crippen molar-refractivity contribution in [1.29, 1.82) is 0 Å². The first-order valence-corrected chi connectivity index (χ1v) is 10.1. The summed E-state index contributed by atoms with van der Waals surface area (Å²) in [7, 11) is 0. The van der Waals surface area contributed by atoms with Gasteiger partial charge in [0.05, 0.1) is 11.7 Å². The number of amides is 3. The molecule has 0 bridgehead atoms. The Morgan fingerprint density at radius 1 is 1.34 bits per heavy atom. The fourth-order valence-corrected chi connectivity index (χ4v) is 4.16. The van der Waals surface area contributed by atoms with E-state index >= 15 is 0 Å². The highest BCUT2D eigenvalue weighted by atomic mass is 16.5.